The van der Waals surface area contributed by atoms with E-state index in [1.165, 1.54) is 15.6 Å². The van der Waals surface area contributed by atoms with Crippen molar-refractivity contribution in [2.75, 3.05) is 20.3 Å². The molecule has 2 atom stereocenters. The minimum Gasteiger partial charge on any atom is -0.381 e. The molecule has 0 radical (unpaired) electrons. The van der Waals surface area contributed by atoms with E-state index >= 15 is 0 Å². The summed E-state index contributed by atoms with van der Waals surface area (Å²) in [5, 5.41) is 7.15. The summed E-state index contributed by atoms with van der Waals surface area (Å²) in [6.07, 6.45) is 1.16. The molecule has 1 aliphatic heterocycles. The van der Waals surface area contributed by atoms with Crippen LogP contribution in [0.2, 0.25) is 0 Å². The minimum absolute atomic E-state index is 0.425. The molecule has 2 heterocycles. The molecule has 1 aromatic heterocycles. The van der Waals surface area contributed by atoms with Crippen LogP contribution >= 0.6 is 11.3 Å². The molecule has 3 rings (SSSR count). The molecule has 1 saturated heterocycles. The van der Waals surface area contributed by atoms with Crippen molar-refractivity contribution in [3.63, 3.8) is 0 Å². The van der Waals surface area contributed by atoms with Gasteiger partial charge in [0.05, 0.1) is 6.61 Å². The fourth-order valence-corrected chi connectivity index (χ4v) is 3.70. The summed E-state index contributed by atoms with van der Waals surface area (Å²) in [5.74, 6) is 0.609. The Morgan fingerprint density at radius 3 is 3.06 bits per heavy atom. The average molecular weight is 247 g/mol. The number of hydrogen-bond acceptors (Lipinski definition) is 3. The van der Waals surface area contributed by atoms with Crippen LogP contribution in [0.3, 0.4) is 0 Å². The number of hydrogen-bond donors (Lipinski definition) is 1. The second kappa shape index (κ2) is 4.77. The number of ether oxygens (including phenoxy) is 1. The van der Waals surface area contributed by atoms with Crippen LogP contribution in [0.25, 0.3) is 10.1 Å². The molecule has 0 saturated carbocycles. The highest BCUT2D eigenvalue weighted by atomic mass is 32.1. The van der Waals surface area contributed by atoms with Gasteiger partial charge in [-0.1, -0.05) is 18.2 Å². The first kappa shape index (κ1) is 11.2. The molecular formula is C14H17NOS. The fraction of sp³-hybridized carbons (Fsp3) is 0.429. The zero-order valence-electron chi connectivity index (χ0n) is 9.98. The number of nitrogens with one attached hydrogen (secondary N) is 1. The van der Waals surface area contributed by atoms with Crippen molar-refractivity contribution in [2.24, 2.45) is 5.92 Å². The molecule has 0 bridgehead atoms. The summed E-state index contributed by atoms with van der Waals surface area (Å²) in [6.45, 7) is 1.79. The molecule has 2 nitrogen and oxygen atoms in total. The van der Waals surface area contributed by atoms with Crippen molar-refractivity contribution in [3.05, 3.63) is 35.2 Å². The van der Waals surface area contributed by atoms with Gasteiger partial charge in [-0.3, -0.25) is 0 Å². The van der Waals surface area contributed by atoms with E-state index in [0.29, 0.717) is 12.0 Å². The summed E-state index contributed by atoms with van der Waals surface area (Å²) in [6, 6.07) is 9.07. The predicted octanol–water partition coefficient (Wildman–Crippen LogP) is 3.20. The number of fused-ring (bicyclic) bond motifs is 1. The van der Waals surface area contributed by atoms with E-state index in [1.807, 2.05) is 11.3 Å². The molecule has 1 N–H and O–H groups in total. The van der Waals surface area contributed by atoms with Crippen LogP contribution in [0.1, 0.15) is 18.0 Å². The Kier molecular flexibility index (Phi) is 3.14. The molecule has 2 unspecified atom stereocenters. The molecule has 17 heavy (non-hydrogen) atoms. The average Bonchev–Trinajstić information content (AvgIpc) is 3.01. The molecule has 90 valence electrons. The van der Waals surface area contributed by atoms with Gasteiger partial charge in [0.15, 0.2) is 0 Å². The van der Waals surface area contributed by atoms with E-state index in [9.17, 15) is 0 Å². The summed E-state index contributed by atoms with van der Waals surface area (Å²) < 4.78 is 6.89. The van der Waals surface area contributed by atoms with Gasteiger partial charge >= 0.3 is 0 Å². The highest BCUT2D eigenvalue weighted by molar-refractivity contribution is 7.17. The van der Waals surface area contributed by atoms with E-state index in [4.69, 9.17) is 4.74 Å². The fourth-order valence-electron chi connectivity index (χ4n) is 2.70. The summed E-state index contributed by atoms with van der Waals surface area (Å²) in [7, 11) is 2.05. The van der Waals surface area contributed by atoms with E-state index in [0.717, 1.165) is 19.6 Å². The van der Waals surface area contributed by atoms with Crippen molar-refractivity contribution < 1.29 is 4.74 Å². The van der Waals surface area contributed by atoms with Crippen molar-refractivity contribution >= 4 is 21.4 Å². The maximum atomic E-state index is 5.51. The third-order valence-electron chi connectivity index (χ3n) is 3.59. The van der Waals surface area contributed by atoms with Gasteiger partial charge < -0.3 is 10.1 Å². The quantitative estimate of drug-likeness (QED) is 0.899. The number of rotatable bonds is 3. The Hall–Kier alpha value is -0.900. The second-order valence-corrected chi connectivity index (χ2v) is 5.49. The highest BCUT2D eigenvalue weighted by Gasteiger charge is 2.27. The molecule has 0 spiro atoms. The first-order valence-corrected chi connectivity index (χ1v) is 6.99. The third-order valence-corrected chi connectivity index (χ3v) is 4.58. The molecule has 3 heteroatoms. The lowest BCUT2D eigenvalue weighted by molar-refractivity contribution is 0.178. The lowest BCUT2D eigenvalue weighted by atomic mass is 9.92. The minimum atomic E-state index is 0.425. The molecule has 2 aromatic rings. The Balaban J connectivity index is 2.00. The maximum Gasteiger partial charge on any atom is 0.0513 e. The molecule has 0 aliphatic carbocycles. The molecule has 1 aromatic carbocycles. The topological polar surface area (TPSA) is 21.3 Å². The SMILES string of the molecule is CNC(c1csc2ccccc12)C1CCOC1. The zero-order valence-corrected chi connectivity index (χ0v) is 10.8. The highest BCUT2D eigenvalue weighted by Crippen LogP contribution is 2.36. The van der Waals surface area contributed by atoms with Gasteiger partial charge in [0.1, 0.15) is 0 Å². The van der Waals surface area contributed by atoms with Crippen LogP contribution in [-0.2, 0) is 4.74 Å². The smallest absolute Gasteiger partial charge is 0.0513 e. The first-order valence-electron chi connectivity index (χ1n) is 6.11. The summed E-state index contributed by atoms with van der Waals surface area (Å²) >= 11 is 1.84. The van der Waals surface area contributed by atoms with Crippen molar-refractivity contribution in [3.8, 4) is 0 Å². The Morgan fingerprint density at radius 2 is 2.29 bits per heavy atom. The van der Waals surface area contributed by atoms with Crippen LogP contribution in [0.15, 0.2) is 29.6 Å². The van der Waals surface area contributed by atoms with Crippen molar-refractivity contribution in [1.29, 1.82) is 0 Å². The van der Waals surface area contributed by atoms with E-state index < -0.39 is 0 Å². The van der Waals surface area contributed by atoms with Crippen LogP contribution in [0.5, 0.6) is 0 Å². The van der Waals surface area contributed by atoms with Gasteiger partial charge in [-0.05, 0) is 35.9 Å². The molecule has 1 aliphatic rings. The summed E-state index contributed by atoms with van der Waals surface area (Å²) in [4.78, 5) is 0. The Bertz CT molecular complexity index is 502. The van der Waals surface area contributed by atoms with E-state index in [-0.39, 0.29) is 0 Å². The van der Waals surface area contributed by atoms with Crippen LogP contribution < -0.4 is 5.32 Å². The normalized spacial score (nSPS) is 22.1. The van der Waals surface area contributed by atoms with Crippen molar-refractivity contribution in [2.45, 2.75) is 12.5 Å². The Morgan fingerprint density at radius 1 is 1.41 bits per heavy atom. The maximum absolute atomic E-state index is 5.51. The third kappa shape index (κ3) is 1.99. The predicted molar refractivity (Wildman–Crippen MR) is 72.6 cm³/mol. The van der Waals surface area contributed by atoms with Gasteiger partial charge in [-0.25, -0.2) is 0 Å². The number of benzene rings is 1. The first-order chi connectivity index (χ1) is 8.40. The van der Waals surface area contributed by atoms with Gasteiger partial charge in [0.2, 0.25) is 0 Å². The zero-order chi connectivity index (χ0) is 11.7. The van der Waals surface area contributed by atoms with Gasteiger partial charge in [0, 0.05) is 23.3 Å². The lowest BCUT2D eigenvalue weighted by Gasteiger charge is -2.21. The van der Waals surface area contributed by atoms with Gasteiger partial charge in [-0.15, -0.1) is 11.3 Å². The molecule has 0 amide bonds. The monoisotopic (exact) mass is 247 g/mol. The van der Waals surface area contributed by atoms with Gasteiger partial charge in [0.25, 0.3) is 0 Å². The molecular weight excluding hydrogens is 230 g/mol. The van der Waals surface area contributed by atoms with E-state index in [2.05, 4.69) is 42.0 Å². The van der Waals surface area contributed by atoms with E-state index in [1.54, 1.807) is 0 Å². The Labute approximate surface area is 106 Å². The lowest BCUT2D eigenvalue weighted by Crippen LogP contribution is -2.25. The standard InChI is InChI=1S/C14H17NOS/c1-15-14(10-6-7-16-8-10)12-9-17-13-5-3-2-4-11(12)13/h2-5,9-10,14-15H,6-8H2,1H3. The van der Waals surface area contributed by atoms with Crippen molar-refractivity contribution in [1.82, 2.24) is 5.32 Å². The van der Waals surface area contributed by atoms with Crippen LogP contribution in [0, 0.1) is 5.92 Å². The molecule has 1 fully saturated rings. The van der Waals surface area contributed by atoms with Crippen LogP contribution in [0.4, 0.5) is 0 Å². The summed E-state index contributed by atoms with van der Waals surface area (Å²) in [5.41, 5.74) is 1.43. The number of thiophene rings is 1. The largest absolute Gasteiger partial charge is 0.381 e. The van der Waals surface area contributed by atoms with Crippen LogP contribution in [-0.4, -0.2) is 20.3 Å². The second-order valence-electron chi connectivity index (χ2n) is 4.58. The van der Waals surface area contributed by atoms with Gasteiger partial charge in [-0.2, -0.15) is 0 Å².